The van der Waals surface area contributed by atoms with E-state index in [1.807, 2.05) is 0 Å². The van der Waals surface area contributed by atoms with E-state index in [9.17, 15) is 34.2 Å². The van der Waals surface area contributed by atoms with E-state index >= 15 is 0 Å². The van der Waals surface area contributed by atoms with Gasteiger partial charge in [-0.05, 0) is 36.2 Å². The molecule has 0 radical (unpaired) electrons. The molecule has 0 aliphatic heterocycles. The van der Waals surface area contributed by atoms with Crippen LogP contribution in [0, 0.1) is 0 Å². The molecule has 12 nitrogen and oxygen atoms in total. The summed E-state index contributed by atoms with van der Waals surface area (Å²) in [5.41, 5.74) is 6.03. The van der Waals surface area contributed by atoms with Gasteiger partial charge in [0.15, 0.2) is 5.78 Å². The van der Waals surface area contributed by atoms with Gasteiger partial charge in [0, 0.05) is 17.7 Å². The Morgan fingerprint density at radius 2 is 1.58 bits per heavy atom. The molecule has 0 aliphatic carbocycles. The molecule has 0 aromatic heterocycles. The molecule has 13 heteroatoms. The van der Waals surface area contributed by atoms with E-state index < -0.39 is 59.5 Å². The van der Waals surface area contributed by atoms with Crippen LogP contribution in [0.3, 0.4) is 0 Å². The van der Waals surface area contributed by atoms with E-state index in [-0.39, 0.29) is 29.9 Å². The minimum Gasteiger partial charge on any atom is -0.508 e. The molecule has 38 heavy (non-hydrogen) atoms. The predicted octanol–water partition coefficient (Wildman–Crippen LogP) is 0.288. The van der Waals surface area contributed by atoms with Crippen LogP contribution in [0.4, 0.5) is 0 Å². The first kappa shape index (κ1) is 30.3. The normalized spacial score (nSPS) is 13.9. The van der Waals surface area contributed by atoms with Crippen molar-refractivity contribution < 1.29 is 44.4 Å². The fraction of sp³-hybridized carbons (Fsp3) is 0.320. The van der Waals surface area contributed by atoms with Crippen molar-refractivity contribution in [1.82, 2.24) is 10.6 Å². The number of thioether (sulfide) groups is 1. The van der Waals surface area contributed by atoms with Gasteiger partial charge >= 0.3 is 11.9 Å². The summed E-state index contributed by atoms with van der Waals surface area (Å²) in [6, 6.07) is 11.1. The van der Waals surface area contributed by atoms with Crippen LogP contribution >= 0.6 is 11.8 Å². The number of carbonyl (C=O) groups is 5. The molecule has 0 saturated carbocycles. The highest BCUT2D eigenvalue weighted by molar-refractivity contribution is 8.00. The molecule has 0 saturated heterocycles. The molecule has 0 spiro atoms. The molecule has 4 unspecified atom stereocenters. The summed E-state index contributed by atoms with van der Waals surface area (Å²) in [4.78, 5) is 60.2. The Morgan fingerprint density at radius 3 is 2.16 bits per heavy atom. The standard InChI is InChI=1S/C25H29N3O9S/c26-17(25(36)37)10-11-19(30)28-18(24(35)27-12-20(31)32)13-38-23(21(33)14-4-2-1-3-5-14)22(34)15-6-8-16(29)9-7-15/h1-9,17-18,21,23,29,33H,10-13,26H2,(H,27,35)(H,28,30)(H,31,32)(H,36,37). The second-order valence-corrected chi connectivity index (χ2v) is 9.41. The second-order valence-electron chi connectivity index (χ2n) is 8.24. The van der Waals surface area contributed by atoms with Gasteiger partial charge in [-0.1, -0.05) is 30.3 Å². The maximum atomic E-state index is 13.3. The van der Waals surface area contributed by atoms with Crippen LogP contribution in [-0.2, 0) is 19.2 Å². The van der Waals surface area contributed by atoms with E-state index in [1.165, 1.54) is 24.3 Å². The number of carbonyl (C=O) groups excluding carboxylic acids is 3. The SMILES string of the molecule is NC(CCC(=O)NC(CSC(C(=O)c1ccc(O)cc1)C(O)c1ccccc1)C(=O)NCC(=O)O)C(=O)O. The number of aliphatic hydroxyl groups is 1. The van der Waals surface area contributed by atoms with Crippen LogP contribution in [0.5, 0.6) is 5.75 Å². The number of benzene rings is 2. The highest BCUT2D eigenvalue weighted by Gasteiger charge is 2.32. The van der Waals surface area contributed by atoms with Crippen LogP contribution in [-0.4, -0.2) is 79.6 Å². The number of nitrogens with two attached hydrogens (primary N) is 1. The molecule has 0 heterocycles. The van der Waals surface area contributed by atoms with Crippen molar-refractivity contribution in [3.63, 3.8) is 0 Å². The number of aliphatic carboxylic acids is 2. The molecule has 2 amide bonds. The number of rotatable bonds is 15. The monoisotopic (exact) mass is 547 g/mol. The van der Waals surface area contributed by atoms with E-state index in [0.717, 1.165) is 11.8 Å². The zero-order valence-electron chi connectivity index (χ0n) is 20.1. The summed E-state index contributed by atoms with van der Waals surface area (Å²) < 4.78 is 0. The third-order valence-electron chi connectivity index (χ3n) is 5.35. The molecule has 2 aromatic carbocycles. The van der Waals surface area contributed by atoms with E-state index in [2.05, 4.69) is 10.6 Å². The molecule has 2 rings (SSSR count). The number of amides is 2. The zero-order chi connectivity index (χ0) is 28.2. The predicted molar refractivity (Wildman–Crippen MR) is 138 cm³/mol. The average Bonchev–Trinajstić information content (AvgIpc) is 2.90. The number of carboxylic acids is 2. The molecule has 2 aromatic rings. The maximum absolute atomic E-state index is 13.3. The summed E-state index contributed by atoms with van der Waals surface area (Å²) in [5.74, 6) is -4.97. The maximum Gasteiger partial charge on any atom is 0.322 e. The fourth-order valence-electron chi connectivity index (χ4n) is 3.27. The topological polar surface area (TPSA) is 216 Å². The van der Waals surface area contributed by atoms with Gasteiger partial charge in [0.05, 0.1) is 11.4 Å². The molecule has 0 bridgehead atoms. The van der Waals surface area contributed by atoms with Crippen molar-refractivity contribution in [2.24, 2.45) is 5.73 Å². The highest BCUT2D eigenvalue weighted by atomic mass is 32.2. The zero-order valence-corrected chi connectivity index (χ0v) is 21.0. The van der Waals surface area contributed by atoms with Gasteiger partial charge in [0.1, 0.15) is 24.4 Å². The quantitative estimate of drug-likeness (QED) is 0.150. The van der Waals surface area contributed by atoms with Crippen LogP contribution in [0.1, 0.15) is 34.9 Å². The first-order valence-electron chi connectivity index (χ1n) is 11.4. The number of aromatic hydroxyl groups is 1. The lowest BCUT2D eigenvalue weighted by molar-refractivity contribution is -0.139. The smallest absolute Gasteiger partial charge is 0.322 e. The number of phenolic OH excluding ortho intramolecular Hbond substituents is 1. The van der Waals surface area contributed by atoms with Crippen molar-refractivity contribution >= 4 is 41.3 Å². The van der Waals surface area contributed by atoms with E-state index in [4.69, 9.17) is 15.9 Å². The average molecular weight is 548 g/mol. The molecular weight excluding hydrogens is 518 g/mol. The lowest BCUT2D eigenvalue weighted by atomic mass is 9.99. The van der Waals surface area contributed by atoms with Crippen LogP contribution < -0.4 is 16.4 Å². The Morgan fingerprint density at radius 1 is 0.947 bits per heavy atom. The third-order valence-corrected chi connectivity index (χ3v) is 6.70. The number of hydrogen-bond donors (Lipinski definition) is 7. The summed E-state index contributed by atoms with van der Waals surface area (Å²) >= 11 is 0.870. The molecule has 0 aliphatic rings. The Kier molecular flexibility index (Phi) is 11.7. The van der Waals surface area contributed by atoms with Crippen molar-refractivity contribution in [2.45, 2.75) is 36.3 Å². The van der Waals surface area contributed by atoms with Gasteiger partial charge in [0.25, 0.3) is 0 Å². The Hall–Kier alpha value is -3.94. The number of Topliss-reactive ketones (excluding diaryl/α,β-unsaturated/α-hetero) is 1. The summed E-state index contributed by atoms with van der Waals surface area (Å²) in [6.07, 6.45) is -1.83. The number of nitrogens with one attached hydrogen (secondary N) is 2. The Labute approximate surface area is 222 Å². The second kappa shape index (κ2) is 14.7. The van der Waals surface area contributed by atoms with Gasteiger partial charge in [0.2, 0.25) is 11.8 Å². The van der Waals surface area contributed by atoms with Crippen LogP contribution in [0.2, 0.25) is 0 Å². The third kappa shape index (κ3) is 9.50. The first-order valence-corrected chi connectivity index (χ1v) is 12.5. The lowest BCUT2D eigenvalue weighted by Crippen LogP contribution is -2.50. The van der Waals surface area contributed by atoms with Crippen molar-refractivity contribution in [1.29, 1.82) is 0 Å². The largest absolute Gasteiger partial charge is 0.508 e. The number of aliphatic hydroxyl groups excluding tert-OH is 1. The Balaban J connectivity index is 2.25. The number of phenols is 1. The first-order chi connectivity index (χ1) is 18.0. The minimum absolute atomic E-state index is 0.0603. The van der Waals surface area contributed by atoms with Crippen molar-refractivity contribution in [2.75, 3.05) is 12.3 Å². The van der Waals surface area contributed by atoms with Gasteiger partial charge in [-0.25, -0.2) is 0 Å². The molecule has 8 N–H and O–H groups in total. The molecule has 4 atom stereocenters. The number of carboxylic acid groups (broad SMARTS) is 2. The van der Waals surface area contributed by atoms with Crippen LogP contribution in [0.15, 0.2) is 54.6 Å². The summed E-state index contributed by atoms with van der Waals surface area (Å²) in [5, 5.41) is 41.8. The fourth-order valence-corrected chi connectivity index (χ4v) is 4.53. The van der Waals surface area contributed by atoms with Gasteiger partial charge in [-0.3, -0.25) is 24.0 Å². The van der Waals surface area contributed by atoms with Crippen LogP contribution in [0.25, 0.3) is 0 Å². The highest BCUT2D eigenvalue weighted by Crippen LogP contribution is 2.30. The molecule has 204 valence electrons. The molecular formula is C25H29N3O9S. The van der Waals surface area contributed by atoms with E-state index in [1.54, 1.807) is 30.3 Å². The van der Waals surface area contributed by atoms with Gasteiger partial charge in [-0.2, -0.15) is 0 Å². The number of ketones is 1. The van der Waals surface area contributed by atoms with Crippen molar-refractivity contribution in [3.8, 4) is 5.75 Å². The lowest BCUT2D eigenvalue weighted by Gasteiger charge is -2.25. The van der Waals surface area contributed by atoms with E-state index in [0.29, 0.717) is 5.56 Å². The number of hydrogen-bond acceptors (Lipinski definition) is 9. The minimum atomic E-state index is -1.32. The Bertz CT molecular complexity index is 1130. The summed E-state index contributed by atoms with van der Waals surface area (Å²) in [7, 11) is 0. The van der Waals surface area contributed by atoms with Gasteiger partial charge < -0.3 is 36.8 Å². The van der Waals surface area contributed by atoms with Crippen molar-refractivity contribution in [3.05, 3.63) is 65.7 Å². The van der Waals surface area contributed by atoms with Gasteiger partial charge in [-0.15, -0.1) is 11.8 Å². The molecule has 0 fully saturated rings. The summed E-state index contributed by atoms with van der Waals surface area (Å²) in [6.45, 7) is -0.720.